The molecule has 0 radical (unpaired) electrons. The van der Waals surface area contributed by atoms with Crippen LogP contribution in [0.15, 0.2) is 22.9 Å². The Balaban J connectivity index is 3.96. The molecule has 0 amide bonds. The third-order valence-electron chi connectivity index (χ3n) is 0.871. The van der Waals surface area contributed by atoms with E-state index in [0.717, 1.165) is 5.76 Å². The second-order valence-electron chi connectivity index (χ2n) is 3.31. The Morgan fingerprint density at radius 3 is 2.27 bits per heavy atom. The van der Waals surface area contributed by atoms with Gasteiger partial charge in [0.25, 0.3) is 0 Å². The maximum atomic E-state index is 5.67. The van der Waals surface area contributed by atoms with Gasteiger partial charge in [0, 0.05) is 0 Å². The van der Waals surface area contributed by atoms with Crippen molar-refractivity contribution in [1.29, 1.82) is 0 Å². The number of hydrogen-bond acceptors (Lipinski definition) is 1. The Hall–Kier alpha value is -0.0231. The van der Waals surface area contributed by atoms with E-state index in [0.29, 0.717) is 0 Å². The van der Waals surface area contributed by atoms with Gasteiger partial charge in [-0.25, -0.2) is 0 Å². The smallest absolute Gasteiger partial charge is 0.241 e. The van der Waals surface area contributed by atoms with Gasteiger partial charge in [0.15, 0.2) is 0 Å². The van der Waals surface area contributed by atoms with E-state index in [9.17, 15) is 0 Å². The topological polar surface area (TPSA) is 9.23 Å². The van der Waals surface area contributed by atoms with Crippen LogP contribution in [0.4, 0.5) is 0 Å². The molecule has 0 aromatic carbocycles. The first-order valence-corrected chi connectivity index (χ1v) is 7.91. The van der Waals surface area contributed by atoms with Crippen molar-refractivity contribution >= 4 is 24.2 Å². The fourth-order valence-electron chi connectivity index (χ4n) is 0.689. The lowest BCUT2D eigenvalue weighted by atomic mass is 10.5. The zero-order valence-corrected chi connectivity index (χ0v) is 10.1. The minimum Gasteiger partial charge on any atom is -0.548 e. The summed E-state index contributed by atoms with van der Waals surface area (Å²) in [5.41, 5.74) is 0. The van der Waals surface area contributed by atoms with Gasteiger partial charge < -0.3 is 4.43 Å². The molecule has 0 heterocycles. The van der Waals surface area contributed by atoms with Crippen LogP contribution < -0.4 is 0 Å². The number of rotatable bonds is 3. The highest BCUT2D eigenvalue weighted by atomic mass is 79.9. The highest BCUT2D eigenvalue weighted by Gasteiger charge is 2.14. The van der Waals surface area contributed by atoms with E-state index in [1.165, 1.54) is 0 Å². The fraction of sp³-hybridized carbons (Fsp3) is 0.500. The van der Waals surface area contributed by atoms with Crippen molar-refractivity contribution in [1.82, 2.24) is 0 Å². The van der Waals surface area contributed by atoms with E-state index in [-0.39, 0.29) is 0 Å². The summed E-state index contributed by atoms with van der Waals surface area (Å²) in [6.45, 7) is 8.48. The molecule has 3 heteroatoms. The molecule has 0 aliphatic heterocycles. The Morgan fingerprint density at radius 1 is 1.36 bits per heavy atom. The van der Waals surface area contributed by atoms with Gasteiger partial charge in [0.1, 0.15) is 0 Å². The van der Waals surface area contributed by atoms with Crippen LogP contribution in [-0.2, 0) is 4.43 Å². The van der Waals surface area contributed by atoms with Gasteiger partial charge in [0.2, 0.25) is 8.32 Å². The predicted molar refractivity (Wildman–Crippen MR) is 56.3 cm³/mol. The van der Waals surface area contributed by atoms with E-state index >= 15 is 0 Å². The van der Waals surface area contributed by atoms with Crippen LogP contribution in [0.2, 0.25) is 19.6 Å². The summed E-state index contributed by atoms with van der Waals surface area (Å²) in [4.78, 5) is 1.81. The Labute approximate surface area is 78.4 Å². The van der Waals surface area contributed by atoms with Crippen LogP contribution in [0, 0.1) is 0 Å². The largest absolute Gasteiger partial charge is 0.548 e. The van der Waals surface area contributed by atoms with Crippen molar-refractivity contribution in [2.45, 2.75) is 26.6 Å². The SMILES string of the molecule is C/C(=C\C=C\Br)O[Si](C)(C)C. The first kappa shape index (κ1) is 11.0. The second-order valence-corrected chi connectivity index (χ2v) is 8.27. The third-order valence-corrected chi connectivity index (χ3v) is 2.11. The average Bonchev–Trinajstić information content (AvgIpc) is 1.79. The zero-order valence-electron chi connectivity index (χ0n) is 7.52. The lowest BCUT2D eigenvalue weighted by Gasteiger charge is -2.18. The molecule has 0 aromatic heterocycles. The summed E-state index contributed by atoms with van der Waals surface area (Å²) in [6.07, 6.45) is 3.86. The van der Waals surface area contributed by atoms with E-state index in [4.69, 9.17) is 4.43 Å². The molecule has 0 N–H and O–H groups in total. The monoisotopic (exact) mass is 234 g/mol. The van der Waals surface area contributed by atoms with E-state index in [1.54, 1.807) is 0 Å². The highest BCUT2D eigenvalue weighted by Crippen LogP contribution is 2.09. The van der Waals surface area contributed by atoms with E-state index in [2.05, 4.69) is 35.6 Å². The lowest BCUT2D eigenvalue weighted by Crippen LogP contribution is -2.23. The van der Waals surface area contributed by atoms with Crippen LogP contribution in [0.3, 0.4) is 0 Å². The highest BCUT2D eigenvalue weighted by molar-refractivity contribution is 9.11. The maximum Gasteiger partial charge on any atom is 0.241 e. The van der Waals surface area contributed by atoms with Crippen molar-refractivity contribution in [2.24, 2.45) is 0 Å². The minimum absolute atomic E-state index is 0.986. The second kappa shape index (κ2) is 4.77. The minimum atomic E-state index is -1.39. The quantitative estimate of drug-likeness (QED) is 0.412. The molecule has 0 aromatic rings. The van der Waals surface area contributed by atoms with Crippen molar-refractivity contribution in [3.8, 4) is 0 Å². The normalized spacial score (nSPS) is 14.1. The fourth-order valence-corrected chi connectivity index (χ4v) is 1.88. The molecule has 0 aliphatic rings. The number of halogens is 1. The average molecular weight is 235 g/mol. The van der Waals surface area contributed by atoms with Crippen molar-refractivity contribution in [2.75, 3.05) is 0 Å². The summed E-state index contributed by atoms with van der Waals surface area (Å²) in [7, 11) is -1.39. The van der Waals surface area contributed by atoms with E-state index < -0.39 is 8.32 Å². The van der Waals surface area contributed by atoms with Gasteiger partial charge in [-0.2, -0.15) is 0 Å². The third kappa shape index (κ3) is 7.88. The molecule has 0 fully saturated rings. The lowest BCUT2D eigenvalue weighted by molar-refractivity contribution is 0.424. The van der Waals surface area contributed by atoms with Crippen molar-refractivity contribution in [3.05, 3.63) is 22.9 Å². The van der Waals surface area contributed by atoms with E-state index in [1.807, 2.05) is 24.1 Å². The molecule has 0 saturated carbocycles. The van der Waals surface area contributed by atoms with Crippen LogP contribution in [0.1, 0.15) is 6.92 Å². The molecule has 64 valence electrons. The van der Waals surface area contributed by atoms with Crippen LogP contribution in [0.25, 0.3) is 0 Å². The Bertz CT molecular complexity index is 167. The molecule has 0 rings (SSSR count). The van der Waals surface area contributed by atoms with Gasteiger partial charge in [0.05, 0.1) is 5.76 Å². The molecular weight excluding hydrogens is 220 g/mol. The summed E-state index contributed by atoms with van der Waals surface area (Å²) in [5, 5.41) is 0. The van der Waals surface area contributed by atoms with Crippen LogP contribution in [-0.4, -0.2) is 8.32 Å². The molecule has 0 atom stereocenters. The van der Waals surface area contributed by atoms with Crippen LogP contribution >= 0.6 is 15.9 Å². The van der Waals surface area contributed by atoms with Gasteiger partial charge in [-0.15, -0.1) is 0 Å². The Kier molecular flexibility index (Phi) is 4.76. The van der Waals surface area contributed by atoms with Gasteiger partial charge in [-0.1, -0.05) is 22.0 Å². The van der Waals surface area contributed by atoms with Crippen molar-refractivity contribution < 1.29 is 4.43 Å². The van der Waals surface area contributed by atoms with Crippen LogP contribution in [0.5, 0.6) is 0 Å². The molecule has 0 bridgehead atoms. The van der Waals surface area contributed by atoms with Gasteiger partial charge in [-0.3, -0.25) is 0 Å². The number of allylic oxidation sites excluding steroid dienone is 3. The van der Waals surface area contributed by atoms with Gasteiger partial charge in [-0.05, 0) is 37.6 Å². The Morgan fingerprint density at radius 2 is 1.91 bits per heavy atom. The summed E-state index contributed by atoms with van der Waals surface area (Å²) in [6, 6.07) is 0. The molecule has 1 nitrogen and oxygen atoms in total. The molecular formula is C8H15BrOSi. The molecule has 0 spiro atoms. The summed E-state index contributed by atoms with van der Waals surface area (Å²) in [5.74, 6) is 0.986. The standard InChI is InChI=1S/C8H15BrOSi/c1-8(6-5-7-9)10-11(2,3)4/h5-7H,1-4H3/b7-5+,8-6+. The molecule has 0 unspecified atom stereocenters. The first-order chi connectivity index (χ1) is 4.95. The van der Waals surface area contributed by atoms with Crippen molar-refractivity contribution in [3.63, 3.8) is 0 Å². The number of hydrogen-bond donors (Lipinski definition) is 0. The predicted octanol–water partition coefficient (Wildman–Crippen LogP) is 3.65. The molecule has 0 saturated heterocycles. The summed E-state index contributed by atoms with van der Waals surface area (Å²) < 4.78 is 5.67. The summed E-state index contributed by atoms with van der Waals surface area (Å²) >= 11 is 3.19. The molecule has 11 heavy (non-hydrogen) atoms. The zero-order chi connectivity index (χ0) is 8.91. The molecule has 0 aliphatic carbocycles. The first-order valence-electron chi connectivity index (χ1n) is 3.58. The van der Waals surface area contributed by atoms with Gasteiger partial charge >= 0.3 is 0 Å². The maximum absolute atomic E-state index is 5.67.